The second kappa shape index (κ2) is 7.85. The summed E-state index contributed by atoms with van der Waals surface area (Å²) in [4.78, 5) is 14.0. The molecular weight excluding hydrogens is 323 g/mol. The number of alkyl halides is 3. The van der Waals surface area contributed by atoms with Crippen molar-refractivity contribution >= 4 is 6.03 Å². The first-order chi connectivity index (χ1) is 11.3. The van der Waals surface area contributed by atoms with E-state index in [-0.39, 0.29) is 18.2 Å². The van der Waals surface area contributed by atoms with Gasteiger partial charge in [0.25, 0.3) is 0 Å². The van der Waals surface area contributed by atoms with Crippen molar-refractivity contribution in [3.8, 4) is 0 Å². The Morgan fingerprint density at radius 2 is 2.04 bits per heavy atom. The predicted octanol–water partition coefficient (Wildman–Crippen LogP) is 2.13. The van der Waals surface area contributed by atoms with E-state index in [4.69, 9.17) is 0 Å². The molecule has 0 radical (unpaired) electrons. The first-order valence-electron chi connectivity index (χ1n) is 7.84. The zero-order valence-electron chi connectivity index (χ0n) is 13.4. The van der Waals surface area contributed by atoms with Gasteiger partial charge in [-0.1, -0.05) is 12.1 Å². The van der Waals surface area contributed by atoms with Crippen LogP contribution in [0.5, 0.6) is 0 Å². The Balaban J connectivity index is 1.82. The molecule has 8 heteroatoms. The minimum Gasteiger partial charge on any atom is -0.387 e. The molecule has 1 aromatic rings. The van der Waals surface area contributed by atoms with Gasteiger partial charge in [0.1, 0.15) is 0 Å². The molecule has 1 saturated heterocycles. The molecule has 1 aliphatic heterocycles. The summed E-state index contributed by atoms with van der Waals surface area (Å²) in [5.74, 6) is 0. The number of nitrogens with one attached hydrogen (secondary N) is 2. The van der Waals surface area contributed by atoms with Crippen molar-refractivity contribution in [1.82, 2.24) is 15.5 Å². The smallest absolute Gasteiger partial charge is 0.387 e. The minimum absolute atomic E-state index is 0.0758. The topological polar surface area (TPSA) is 64.6 Å². The van der Waals surface area contributed by atoms with Crippen LogP contribution in [0.3, 0.4) is 0 Å². The fraction of sp³-hybridized carbons (Fsp3) is 0.562. The van der Waals surface area contributed by atoms with Gasteiger partial charge in [-0.25, -0.2) is 4.79 Å². The molecule has 24 heavy (non-hydrogen) atoms. The molecule has 3 N–H and O–H groups in total. The van der Waals surface area contributed by atoms with Crippen molar-refractivity contribution in [2.24, 2.45) is 0 Å². The number of nitrogens with zero attached hydrogens (tertiary/aromatic N) is 1. The first kappa shape index (κ1) is 18.5. The Morgan fingerprint density at radius 1 is 1.38 bits per heavy atom. The number of urea groups is 1. The number of benzene rings is 1. The van der Waals surface area contributed by atoms with E-state index < -0.39 is 23.9 Å². The van der Waals surface area contributed by atoms with E-state index in [0.29, 0.717) is 0 Å². The standard InChI is InChI=1S/C16H22F3N3O2/c1-22-7-5-13(6-8-22)21-15(24)20-10-14(23)11-3-2-4-12(9-11)16(17,18)19/h2-4,9,13-14,23H,5-8,10H2,1H3,(H2,20,21,24). The van der Waals surface area contributed by atoms with Gasteiger partial charge >= 0.3 is 12.2 Å². The zero-order valence-corrected chi connectivity index (χ0v) is 13.4. The van der Waals surface area contributed by atoms with E-state index >= 15 is 0 Å². The molecule has 0 saturated carbocycles. The summed E-state index contributed by atoms with van der Waals surface area (Å²) in [6.07, 6.45) is -3.97. The quantitative estimate of drug-likeness (QED) is 0.783. The van der Waals surface area contributed by atoms with Crippen LogP contribution in [-0.4, -0.2) is 48.8 Å². The fourth-order valence-corrected chi connectivity index (χ4v) is 2.62. The fourth-order valence-electron chi connectivity index (χ4n) is 2.62. The van der Waals surface area contributed by atoms with Crippen molar-refractivity contribution in [3.63, 3.8) is 0 Å². The lowest BCUT2D eigenvalue weighted by atomic mass is 10.1. The molecule has 2 rings (SSSR count). The summed E-state index contributed by atoms with van der Waals surface area (Å²) in [6, 6.07) is 4.12. The molecule has 1 atom stereocenters. The van der Waals surface area contributed by atoms with E-state index in [2.05, 4.69) is 15.5 Å². The third kappa shape index (κ3) is 5.38. The van der Waals surface area contributed by atoms with Crippen LogP contribution in [-0.2, 0) is 6.18 Å². The molecule has 2 amide bonds. The number of aliphatic hydroxyl groups is 1. The van der Waals surface area contributed by atoms with Crippen LogP contribution in [0.15, 0.2) is 24.3 Å². The van der Waals surface area contributed by atoms with Crippen LogP contribution < -0.4 is 10.6 Å². The summed E-state index contributed by atoms with van der Waals surface area (Å²) in [7, 11) is 2.02. The number of hydrogen-bond acceptors (Lipinski definition) is 3. The van der Waals surface area contributed by atoms with Crippen LogP contribution >= 0.6 is 0 Å². The van der Waals surface area contributed by atoms with Gasteiger partial charge in [0.2, 0.25) is 0 Å². The zero-order chi connectivity index (χ0) is 17.7. The van der Waals surface area contributed by atoms with Gasteiger partial charge in [0.05, 0.1) is 11.7 Å². The second-order valence-electron chi connectivity index (χ2n) is 6.07. The van der Waals surface area contributed by atoms with Crippen LogP contribution in [0.4, 0.5) is 18.0 Å². The van der Waals surface area contributed by atoms with Gasteiger partial charge in [-0.2, -0.15) is 13.2 Å². The van der Waals surface area contributed by atoms with Gasteiger partial charge in [0.15, 0.2) is 0 Å². The molecular formula is C16H22F3N3O2. The van der Waals surface area contributed by atoms with Crippen LogP contribution in [0.2, 0.25) is 0 Å². The lowest BCUT2D eigenvalue weighted by Gasteiger charge is -2.29. The third-order valence-electron chi connectivity index (χ3n) is 4.11. The molecule has 1 fully saturated rings. The number of carbonyl (C=O) groups excluding carboxylic acids is 1. The van der Waals surface area contributed by atoms with E-state index in [1.165, 1.54) is 12.1 Å². The molecule has 0 spiro atoms. The second-order valence-corrected chi connectivity index (χ2v) is 6.07. The number of likely N-dealkylation sites (tertiary alicyclic amines) is 1. The van der Waals surface area contributed by atoms with Crippen molar-refractivity contribution in [1.29, 1.82) is 0 Å². The molecule has 1 aromatic carbocycles. The van der Waals surface area contributed by atoms with Crippen LogP contribution in [0, 0.1) is 0 Å². The lowest BCUT2D eigenvalue weighted by Crippen LogP contribution is -2.47. The van der Waals surface area contributed by atoms with Gasteiger partial charge in [-0.3, -0.25) is 0 Å². The molecule has 1 unspecified atom stereocenters. The van der Waals surface area contributed by atoms with Crippen molar-refractivity contribution in [2.75, 3.05) is 26.7 Å². The Hall–Kier alpha value is -1.80. The van der Waals surface area contributed by atoms with Gasteiger partial charge < -0.3 is 20.6 Å². The Kier molecular flexibility index (Phi) is 6.06. The lowest BCUT2D eigenvalue weighted by molar-refractivity contribution is -0.137. The Bertz CT molecular complexity index is 558. The summed E-state index contributed by atoms with van der Waals surface area (Å²) < 4.78 is 38.0. The molecule has 134 valence electrons. The Labute approximate surface area is 138 Å². The average Bonchev–Trinajstić information content (AvgIpc) is 2.54. The molecule has 5 nitrogen and oxygen atoms in total. The summed E-state index contributed by atoms with van der Waals surface area (Å²) in [6.45, 7) is 1.65. The highest BCUT2D eigenvalue weighted by atomic mass is 19.4. The van der Waals surface area contributed by atoms with Gasteiger partial charge in [0, 0.05) is 12.6 Å². The number of amides is 2. The Morgan fingerprint density at radius 3 is 2.67 bits per heavy atom. The first-order valence-corrected chi connectivity index (χ1v) is 7.84. The average molecular weight is 345 g/mol. The summed E-state index contributed by atoms with van der Waals surface area (Å²) in [5, 5.41) is 15.3. The maximum Gasteiger partial charge on any atom is 0.416 e. The summed E-state index contributed by atoms with van der Waals surface area (Å²) >= 11 is 0. The number of halogens is 3. The number of aliphatic hydroxyl groups excluding tert-OH is 1. The van der Waals surface area contributed by atoms with Crippen molar-refractivity contribution in [2.45, 2.75) is 31.2 Å². The molecule has 0 bridgehead atoms. The van der Waals surface area contributed by atoms with Gasteiger partial charge in [-0.15, -0.1) is 0 Å². The van der Waals surface area contributed by atoms with Gasteiger partial charge in [-0.05, 0) is 50.7 Å². The number of carbonyl (C=O) groups is 1. The van der Waals surface area contributed by atoms with E-state index in [0.717, 1.165) is 38.1 Å². The maximum atomic E-state index is 12.7. The monoisotopic (exact) mass is 345 g/mol. The van der Waals surface area contributed by atoms with Crippen molar-refractivity contribution in [3.05, 3.63) is 35.4 Å². The normalized spacial score (nSPS) is 18.2. The number of rotatable bonds is 4. The van der Waals surface area contributed by atoms with E-state index in [9.17, 15) is 23.1 Å². The highest BCUT2D eigenvalue weighted by Crippen LogP contribution is 2.30. The maximum absolute atomic E-state index is 12.7. The number of piperidine rings is 1. The number of hydrogen-bond donors (Lipinski definition) is 3. The summed E-state index contributed by atoms with van der Waals surface area (Å²) in [5.41, 5.74) is -0.709. The van der Waals surface area contributed by atoms with Crippen LogP contribution in [0.25, 0.3) is 0 Å². The van der Waals surface area contributed by atoms with Crippen LogP contribution in [0.1, 0.15) is 30.1 Å². The minimum atomic E-state index is -4.46. The molecule has 0 aliphatic carbocycles. The van der Waals surface area contributed by atoms with E-state index in [1.54, 1.807) is 0 Å². The highest BCUT2D eigenvalue weighted by molar-refractivity contribution is 5.74. The molecule has 1 aliphatic rings. The molecule has 0 aromatic heterocycles. The largest absolute Gasteiger partial charge is 0.416 e. The predicted molar refractivity (Wildman–Crippen MR) is 83.5 cm³/mol. The third-order valence-corrected chi connectivity index (χ3v) is 4.11. The SMILES string of the molecule is CN1CCC(NC(=O)NCC(O)c2cccc(C(F)(F)F)c2)CC1. The van der Waals surface area contributed by atoms with E-state index in [1.807, 2.05) is 7.05 Å². The van der Waals surface area contributed by atoms with Crippen molar-refractivity contribution < 1.29 is 23.1 Å². The highest BCUT2D eigenvalue weighted by Gasteiger charge is 2.30. The molecule has 1 heterocycles.